The number of hydrogen-bond donors (Lipinski definition) is 1. The maximum atomic E-state index is 10.1. The molecule has 1 atom stereocenters. The van der Waals surface area contributed by atoms with Crippen LogP contribution < -0.4 is 9.47 Å². The molecule has 0 aromatic heterocycles. The summed E-state index contributed by atoms with van der Waals surface area (Å²) in [4.78, 5) is 0. The predicted molar refractivity (Wildman–Crippen MR) is 80.5 cm³/mol. The monoisotopic (exact) mass is 280 g/mol. The molecule has 3 rings (SSSR count). The second kappa shape index (κ2) is 5.90. The third kappa shape index (κ3) is 3.01. The number of benzene rings is 2. The lowest BCUT2D eigenvalue weighted by molar-refractivity contribution is 0.238. The van der Waals surface area contributed by atoms with Gasteiger partial charge in [0.25, 0.3) is 0 Å². The number of ether oxygens (including phenoxy) is 2. The summed E-state index contributed by atoms with van der Waals surface area (Å²) in [5, 5.41) is 10.1. The van der Waals surface area contributed by atoms with E-state index >= 15 is 0 Å². The maximum Gasteiger partial charge on any atom is 0.140 e. The van der Waals surface area contributed by atoms with Crippen LogP contribution in [0.15, 0.2) is 42.5 Å². The molecule has 1 heterocycles. The Morgan fingerprint density at radius 1 is 1.19 bits per heavy atom. The molecule has 0 aliphatic carbocycles. The number of aliphatic hydroxyl groups excluding tert-OH is 1. The predicted octanol–water partition coefficient (Wildman–Crippen LogP) is 2.72. The van der Waals surface area contributed by atoms with Crippen molar-refractivity contribution in [3.63, 3.8) is 0 Å². The molecule has 0 amide bonds. The number of rotatable bonds is 2. The average Bonchev–Trinajstić information content (AvgIpc) is 3.00. The summed E-state index contributed by atoms with van der Waals surface area (Å²) in [6.45, 7) is 0.737. The van der Waals surface area contributed by atoms with Gasteiger partial charge in [-0.05, 0) is 41.5 Å². The molecular weight excluding hydrogens is 264 g/mol. The molecule has 2 aromatic rings. The molecule has 3 heteroatoms. The molecule has 0 saturated heterocycles. The van der Waals surface area contributed by atoms with Crippen molar-refractivity contribution in [2.45, 2.75) is 12.5 Å². The van der Waals surface area contributed by atoms with Crippen molar-refractivity contribution in [2.75, 3.05) is 13.7 Å². The van der Waals surface area contributed by atoms with E-state index in [4.69, 9.17) is 9.47 Å². The van der Waals surface area contributed by atoms with Gasteiger partial charge < -0.3 is 14.6 Å². The number of hydrogen-bond acceptors (Lipinski definition) is 3. The maximum absolute atomic E-state index is 10.1. The van der Waals surface area contributed by atoms with Crippen molar-refractivity contribution in [3.8, 4) is 23.3 Å². The van der Waals surface area contributed by atoms with E-state index in [-0.39, 0.29) is 0 Å². The highest BCUT2D eigenvalue weighted by molar-refractivity contribution is 5.46. The summed E-state index contributed by atoms with van der Waals surface area (Å²) in [5.41, 5.74) is 2.83. The molecule has 3 nitrogen and oxygen atoms in total. The second-order valence-electron chi connectivity index (χ2n) is 4.87. The lowest BCUT2D eigenvalue weighted by atomic mass is 10.1. The largest absolute Gasteiger partial charge is 0.497 e. The van der Waals surface area contributed by atoms with Gasteiger partial charge in [0.05, 0.1) is 13.7 Å². The number of aliphatic hydroxyl groups is 1. The van der Waals surface area contributed by atoms with E-state index in [1.807, 2.05) is 42.5 Å². The molecule has 0 saturated carbocycles. The standard InChI is InChI=1S/C18H16O3/c1-20-16-6-4-14(5-7-16)17(19)8-2-13-3-9-18-15(12-13)10-11-21-18/h3-7,9,12,17,19H,10-11H2,1H3. The van der Waals surface area contributed by atoms with Gasteiger partial charge in [-0.25, -0.2) is 0 Å². The van der Waals surface area contributed by atoms with Crippen LogP contribution in [0, 0.1) is 11.8 Å². The molecular formula is C18H16O3. The zero-order chi connectivity index (χ0) is 14.7. The first kappa shape index (κ1) is 13.5. The Morgan fingerprint density at radius 3 is 2.76 bits per heavy atom. The van der Waals surface area contributed by atoms with E-state index in [0.717, 1.165) is 35.7 Å². The van der Waals surface area contributed by atoms with Crippen LogP contribution in [0.4, 0.5) is 0 Å². The highest BCUT2D eigenvalue weighted by atomic mass is 16.5. The summed E-state index contributed by atoms with van der Waals surface area (Å²) in [5.74, 6) is 7.58. The fraction of sp³-hybridized carbons (Fsp3) is 0.222. The zero-order valence-electron chi connectivity index (χ0n) is 11.8. The van der Waals surface area contributed by atoms with Gasteiger partial charge in [0.15, 0.2) is 0 Å². The van der Waals surface area contributed by atoms with E-state index in [9.17, 15) is 5.11 Å². The van der Waals surface area contributed by atoms with Crippen molar-refractivity contribution in [1.82, 2.24) is 0 Å². The molecule has 0 fully saturated rings. The van der Waals surface area contributed by atoms with E-state index in [1.165, 1.54) is 5.56 Å². The van der Waals surface area contributed by atoms with Crippen LogP contribution in [0.1, 0.15) is 22.8 Å². The van der Waals surface area contributed by atoms with Gasteiger partial charge in [0, 0.05) is 12.0 Å². The molecule has 0 radical (unpaired) electrons. The van der Waals surface area contributed by atoms with E-state index in [1.54, 1.807) is 7.11 Å². The van der Waals surface area contributed by atoms with Crippen molar-refractivity contribution in [3.05, 3.63) is 59.2 Å². The van der Waals surface area contributed by atoms with Crippen LogP contribution in [-0.4, -0.2) is 18.8 Å². The Balaban J connectivity index is 1.76. The average molecular weight is 280 g/mol. The summed E-state index contributed by atoms with van der Waals surface area (Å²) in [7, 11) is 1.61. The minimum Gasteiger partial charge on any atom is -0.497 e. The third-order valence-corrected chi connectivity index (χ3v) is 3.47. The van der Waals surface area contributed by atoms with Crippen molar-refractivity contribution in [2.24, 2.45) is 0 Å². The first-order valence-corrected chi connectivity index (χ1v) is 6.85. The lowest BCUT2D eigenvalue weighted by Gasteiger charge is -2.05. The third-order valence-electron chi connectivity index (χ3n) is 3.47. The SMILES string of the molecule is COc1ccc(C(O)C#Cc2ccc3c(c2)CCO3)cc1. The van der Waals surface area contributed by atoms with E-state index < -0.39 is 6.10 Å². The molecule has 1 aliphatic rings. The van der Waals surface area contributed by atoms with Gasteiger partial charge in [-0.1, -0.05) is 24.0 Å². The molecule has 1 aliphatic heterocycles. The molecule has 21 heavy (non-hydrogen) atoms. The quantitative estimate of drug-likeness (QED) is 0.860. The van der Waals surface area contributed by atoms with Crippen molar-refractivity contribution < 1.29 is 14.6 Å². The molecule has 2 aromatic carbocycles. The minimum atomic E-state index is -0.805. The van der Waals surface area contributed by atoms with Crippen LogP contribution in [0.25, 0.3) is 0 Å². The van der Waals surface area contributed by atoms with Gasteiger partial charge in [-0.2, -0.15) is 0 Å². The van der Waals surface area contributed by atoms with Crippen LogP contribution >= 0.6 is 0 Å². The van der Waals surface area contributed by atoms with Gasteiger partial charge in [0.1, 0.15) is 17.6 Å². The van der Waals surface area contributed by atoms with Crippen molar-refractivity contribution in [1.29, 1.82) is 0 Å². The minimum absolute atomic E-state index is 0.737. The Morgan fingerprint density at radius 2 is 2.00 bits per heavy atom. The summed E-state index contributed by atoms with van der Waals surface area (Å²) in [6.07, 6.45) is 0.117. The zero-order valence-corrected chi connectivity index (χ0v) is 11.8. The highest BCUT2D eigenvalue weighted by Crippen LogP contribution is 2.25. The lowest BCUT2D eigenvalue weighted by Crippen LogP contribution is -1.94. The first-order chi connectivity index (χ1) is 10.3. The van der Waals surface area contributed by atoms with E-state index in [0.29, 0.717) is 0 Å². The Bertz CT molecular complexity index is 693. The van der Waals surface area contributed by atoms with E-state index in [2.05, 4.69) is 11.8 Å². The second-order valence-corrected chi connectivity index (χ2v) is 4.87. The van der Waals surface area contributed by atoms with Gasteiger partial charge in [-0.3, -0.25) is 0 Å². The van der Waals surface area contributed by atoms with Crippen LogP contribution in [-0.2, 0) is 6.42 Å². The van der Waals surface area contributed by atoms with Crippen molar-refractivity contribution >= 4 is 0 Å². The van der Waals surface area contributed by atoms with Crippen LogP contribution in [0.2, 0.25) is 0 Å². The molecule has 0 spiro atoms. The summed E-state index contributed by atoms with van der Waals surface area (Å²) < 4.78 is 10.6. The normalized spacial score (nSPS) is 13.6. The topological polar surface area (TPSA) is 38.7 Å². The summed E-state index contributed by atoms with van der Waals surface area (Å²) in [6, 6.07) is 13.1. The molecule has 106 valence electrons. The Kier molecular flexibility index (Phi) is 3.81. The van der Waals surface area contributed by atoms with Gasteiger partial charge in [-0.15, -0.1) is 0 Å². The Hall–Kier alpha value is -2.44. The molecule has 0 bridgehead atoms. The molecule has 1 N–H and O–H groups in total. The molecule has 1 unspecified atom stereocenters. The fourth-order valence-electron chi connectivity index (χ4n) is 2.29. The number of methoxy groups -OCH3 is 1. The first-order valence-electron chi connectivity index (χ1n) is 6.85. The van der Waals surface area contributed by atoms with Crippen LogP contribution in [0.3, 0.4) is 0 Å². The fourth-order valence-corrected chi connectivity index (χ4v) is 2.29. The Labute approximate surface area is 124 Å². The smallest absolute Gasteiger partial charge is 0.140 e. The van der Waals surface area contributed by atoms with Gasteiger partial charge >= 0.3 is 0 Å². The highest BCUT2D eigenvalue weighted by Gasteiger charge is 2.11. The van der Waals surface area contributed by atoms with Gasteiger partial charge in [0.2, 0.25) is 0 Å². The number of fused-ring (bicyclic) bond motifs is 1. The van der Waals surface area contributed by atoms with Crippen LogP contribution in [0.5, 0.6) is 11.5 Å². The summed E-state index contributed by atoms with van der Waals surface area (Å²) >= 11 is 0.